The van der Waals surface area contributed by atoms with Crippen LogP contribution in [-0.2, 0) is 4.74 Å². The molecule has 0 spiro atoms. The van der Waals surface area contributed by atoms with Crippen molar-refractivity contribution in [2.24, 2.45) is 5.92 Å². The van der Waals surface area contributed by atoms with E-state index in [2.05, 4.69) is 15.0 Å². The molecule has 0 radical (unpaired) electrons. The van der Waals surface area contributed by atoms with Crippen LogP contribution in [0.5, 0.6) is 5.75 Å². The summed E-state index contributed by atoms with van der Waals surface area (Å²) in [6.45, 7) is 2.70. The second-order valence-corrected chi connectivity index (χ2v) is 7.02. The quantitative estimate of drug-likeness (QED) is 0.655. The second-order valence-electron chi connectivity index (χ2n) is 7.02. The summed E-state index contributed by atoms with van der Waals surface area (Å²) >= 11 is 0. The normalized spacial score (nSPS) is 16.9. The molecule has 2 aromatic heterocycles. The summed E-state index contributed by atoms with van der Waals surface area (Å²) in [6, 6.07) is 9.73. The van der Waals surface area contributed by atoms with Gasteiger partial charge in [-0.25, -0.2) is 14.6 Å². The third kappa shape index (κ3) is 3.99. The predicted octanol–water partition coefficient (Wildman–Crippen LogP) is 3.20. The summed E-state index contributed by atoms with van der Waals surface area (Å²) in [6.07, 6.45) is 7.97. The van der Waals surface area contributed by atoms with Gasteiger partial charge in [0, 0.05) is 38.2 Å². The average Bonchev–Trinajstić information content (AvgIpc) is 3.25. The van der Waals surface area contributed by atoms with E-state index < -0.39 is 0 Å². The van der Waals surface area contributed by atoms with E-state index >= 15 is 0 Å². The molecular weight excluding hydrogens is 354 g/mol. The largest absolute Gasteiger partial charge is 0.497 e. The first-order valence-corrected chi connectivity index (χ1v) is 9.53. The minimum absolute atomic E-state index is 0.531. The second kappa shape index (κ2) is 8.39. The van der Waals surface area contributed by atoms with Crippen LogP contribution in [0.4, 0.5) is 5.95 Å². The molecule has 0 bridgehead atoms. The Hall–Kier alpha value is -2.93. The molecule has 1 atom stereocenters. The highest BCUT2D eigenvalue weighted by Crippen LogP contribution is 2.24. The Labute approximate surface area is 164 Å². The zero-order chi connectivity index (χ0) is 19.3. The number of benzene rings is 1. The number of methoxy groups -OCH3 is 2. The third-order valence-corrected chi connectivity index (χ3v) is 5.06. The monoisotopic (exact) mass is 379 g/mol. The molecule has 0 amide bonds. The molecule has 0 saturated carbocycles. The Morgan fingerprint density at radius 1 is 1.14 bits per heavy atom. The average molecular weight is 379 g/mol. The summed E-state index contributed by atoms with van der Waals surface area (Å²) in [5.74, 6) is 2.13. The van der Waals surface area contributed by atoms with Crippen LogP contribution in [0.2, 0.25) is 0 Å². The van der Waals surface area contributed by atoms with Crippen molar-refractivity contribution in [1.29, 1.82) is 0 Å². The van der Waals surface area contributed by atoms with Gasteiger partial charge in [-0.05, 0) is 49.1 Å². The van der Waals surface area contributed by atoms with E-state index in [0.717, 1.165) is 54.8 Å². The Kier molecular flexibility index (Phi) is 5.53. The first-order chi connectivity index (χ1) is 13.8. The molecule has 4 rings (SSSR count). The lowest BCUT2D eigenvalue weighted by atomic mass is 9.99. The van der Waals surface area contributed by atoms with E-state index in [4.69, 9.17) is 14.5 Å². The van der Waals surface area contributed by atoms with Crippen LogP contribution in [0.3, 0.4) is 0 Å². The molecule has 3 aromatic rings. The van der Waals surface area contributed by atoms with Gasteiger partial charge in [0.2, 0.25) is 5.95 Å². The SMILES string of the molecule is COCC1CCCN(c2nccc(-c3cnn(-c4ccc(OC)cc4)c3)n2)C1. The smallest absolute Gasteiger partial charge is 0.225 e. The standard InChI is InChI=1S/C21H25N5O2/c1-27-15-16-4-3-11-25(13-16)21-22-10-9-20(24-21)17-12-23-26(14-17)18-5-7-19(28-2)8-6-18/h5-10,12,14,16H,3-4,11,13,15H2,1-2H3. The zero-order valence-corrected chi connectivity index (χ0v) is 16.3. The third-order valence-electron chi connectivity index (χ3n) is 5.06. The van der Waals surface area contributed by atoms with Crippen LogP contribution < -0.4 is 9.64 Å². The van der Waals surface area contributed by atoms with Crippen LogP contribution in [-0.4, -0.2) is 53.7 Å². The fourth-order valence-corrected chi connectivity index (χ4v) is 3.61. The lowest BCUT2D eigenvalue weighted by Gasteiger charge is -2.32. The van der Waals surface area contributed by atoms with E-state index in [1.54, 1.807) is 14.2 Å². The van der Waals surface area contributed by atoms with Crippen LogP contribution in [0.15, 0.2) is 48.9 Å². The Morgan fingerprint density at radius 2 is 2.00 bits per heavy atom. The Morgan fingerprint density at radius 3 is 2.79 bits per heavy atom. The first-order valence-electron chi connectivity index (χ1n) is 9.53. The highest BCUT2D eigenvalue weighted by Gasteiger charge is 2.22. The number of ether oxygens (including phenoxy) is 2. The summed E-state index contributed by atoms with van der Waals surface area (Å²) in [4.78, 5) is 11.6. The van der Waals surface area contributed by atoms with E-state index in [1.807, 2.05) is 53.6 Å². The van der Waals surface area contributed by atoms with Crippen LogP contribution in [0.1, 0.15) is 12.8 Å². The van der Waals surface area contributed by atoms with E-state index in [9.17, 15) is 0 Å². The van der Waals surface area contributed by atoms with Crippen molar-refractivity contribution in [3.63, 3.8) is 0 Å². The maximum absolute atomic E-state index is 5.33. The van der Waals surface area contributed by atoms with Gasteiger partial charge < -0.3 is 14.4 Å². The number of aromatic nitrogens is 4. The number of anilines is 1. The van der Waals surface area contributed by atoms with Crippen molar-refractivity contribution in [2.75, 3.05) is 38.8 Å². The van der Waals surface area contributed by atoms with Crippen molar-refractivity contribution >= 4 is 5.95 Å². The predicted molar refractivity (Wildman–Crippen MR) is 108 cm³/mol. The Balaban J connectivity index is 1.54. The molecule has 1 aliphatic heterocycles. The maximum Gasteiger partial charge on any atom is 0.225 e. The van der Waals surface area contributed by atoms with Crippen LogP contribution in [0.25, 0.3) is 16.9 Å². The van der Waals surface area contributed by atoms with Crippen molar-refractivity contribution in [3.05, 3.63) is 48.9 Å². The lowest BCUT2D eigenvalue weighted by Crippen LogP contribution is -2.38. The van der Waals surface area contributed by atoms with Gasteiger partial charge in [-0.15, -0.1) is 0 Å². The molecular formula is C21H25N5O2. The fourth-order valence-electron chi connectivity index (χ4n) is 3.61. The Bertz CT molecular complexity index is 907. The maximum atomic E-state index is 5.33. The number of hydrogen-bond donors (Lipinski definition) is 0. The summed E-state index contributed by atoms with van der Waals surface area (Å²) in [7, 11) is 3.42. The van der Waals surface area contributed by atoms with E-state index in [-0.39, 0.29) is 0 Å². The molecule has 146 valence electrons. The topological polar surface area (TPSA) is 65.3 Å². The molecule has 28 heavy (non-hydrogen) atoms. The molecule has 1 saturated heterocycles. The first kappa shape index (κ1) is 18.4. The van der Waals surface area contributed by atoms with Gasteiger partial charge in [0.25, 0.3) is 0 Å². The molecule has 3 heterocycles. The van der Waals surface area contributed by atoms with Crippen LogP contribution >= 0.6 is 0 Å². The van der Waals surface area contributed by atoms with E-state index in [1.165, 1.54) is 6.42 Å². The fraction of sp³-hybridized carbons (Fsp3) is 0.381. The molecule has 7 heteroatoms. The lowest BCUT2D eigenvalue weighted by molar-refractivity contribution is 0.143. The van der Waals surface area contributed by atoms with Gasteiger partial charge in [0.15, 0.2) is 0 Å². The molecule has 1 unspecified atom stereocenters. The minimum atomic E-state index is 0.531. The number of nitrogens with zero attached hydrogens (tertiary/aromatic N) is 5. The molecule has 0 N–H and O–H groups in total. The van der Waals surface area contributed by atoms with Gasteiger partial charge in [-0.1, -0.05) is 0 Å². The minimum Gasteiger partial charge on any atom is -0.497 e. The number of hydrogen-bond acceptors (Lipinski definition) is 6. The van der Waals surface area contributed by atoms with Gasteiger partial charge in [-0.3, -0.25) is 0 Å². The van der Waals surface area contributed by atoms with Gasteiger partial charge in [0.1, 0.15) is 5.75 Å². The van der Waals surface area contributed by atoms with Crippen molar-refractivity contribution in [2.45, 2.75) is 12.8 Å². The molecule has 7 nitrogen and oxygen atoms in total. The van der Waals surface area contributed by atoms with E-state index in [0.29, 0.717) is 5.92 Å². The van der Waals surface area contributed by atoms with Crippen molar-refractivity contribution in [3.8, 4) is 22.7 Å². The number of rotatable bonds is 6. The van der Waals surface area contributed by atoms with Gasteiger partial charge >= 0.3 is 0 Å². The molecule has 1 aromatic carbocycles. The highest BCUT2D eigenvalue weighted by molar-refractivity contribution is 5.59. The van der Waals surface area contributed by atoms with Crippen molar-refractivity contribution < 1.29 is 9.47 Å². The van der Waals surface area contributed by atoms with Gasteiger partial charge in [0.05, 0.1) is 31.3 Å². The number of piperidine rings is 1. The van der Waals surface area contributed by atoms with Gasteiger partial charge in [-0.2, -0.15) is 5.10 Å². The molecule has 0 aliphatic carbocycles. The molecule has 1 fully saturated rings. The summed E-state index contributed by atoms with van der Waals surface area (Å²) in [5.41, 5.74) is 2.81. The zero-order valence-electron chi connectivity index (χ0n) is 16.3. The molecule has 1 aliphatic rings. The summed E-state index contributed by atoms with van der Waals surface area (Å²) in [5, 5.41) is 4.48. The van der Waals surface area contributed by atoms with Crippen molar-refractivity contribution in [1.82, 2.24) is 19.7 Å². The highest BCUT2D eigenvalue weighted by atomic mass is 16.5. The van der Waals surface area contributed by atoms with Crippen LogP contribution in [0, 0.1) is 5.92 Å². The summed E-state index contributed by atoms with van der Waals surface area (Å²) < 4.78 is 12.4.